The van der Waals surface area contributed by atoms with Crippen LogP contribution in [0, 0.1) is 11.3 Å². The van der Waals surface area contributed by atoms with Crippen molar-refractivity contribution in [3.05, 3.63) is 35.4 Å². The van der Waals surface area contributed by atoms with Gasteiger partial charge in [0.1, 0.15) is 0 Å². The van der Waals surface area contributed by atoms with Gasteiger partial charge in [-0.25, -0.2) is 0 Å². The Morgan fingerprint density at radius 1 is 1.11 bits per heavy atom. The highest BCUT2D eigenvalue weighted by molar-refractivity contribution is 5.24. The molecule has 0 saturated carbocycles. The molecule has 1 heteroatoms. The van der Waals surface area contributed by atoms with E-state index in [1.54, 1.807) is 0 Å². The lowest BCUT2D eigenvalue weighted by atomic mass is 9.78. The minimum absolute atomic E-state index is 0.253. The maximum atomic E-state index is 10.3. The van der Waals surface area contributed by atoms with Crippen LogP contribution in [-0.4, -0.2) is 5.11 Å². The van der Waals surface area contributed by atoms with Crippen LogP contribution in [0.4, 0.5) is 0 Å². The molecule has 102 valence electrons. The lowest BCUT2D eigenvalue weighted by Gasteiger charge is -2.29. The van der Waals surface area contributed by atoms with Crippen molar-refractivity contribution in [3.8, 4) is 0 Å². The third kappa shape index (κ3) is 4.45. The Morgan fingerprint density at radius 3 is 2.11 bits per heavy atom. The molecule has 1 N–H and O–H groups in total. The predicted octanol–water partition coefficient (Wildman–Crippen LogP) is 4.74. The summed E-state index contributed by atoms with van der Waals surface area (Å²) in [5.41, 5.74) is 2.66. The van der Waals surface area contributed by atoms with Crippen LogP contribution in [0.25, 0.3) is 0 Å². The molecule has 1 nitrogen and oxygen atoms in total. The summed E-state index contributed by atoms with van der Waals surface area (Å²) in [6, 6.07) is 8.43. The molecule has 0 fully saturated rings. The first-order valence-electron chi connectivity index (χ1n) is 7.11. The van der Waals surface area contributed by atoms with Crippen LogP contribution in [0.15, 0.2) is 24.3 Å². The number of aliphatic hydroxyl groups is 1. The molecule has 1 rings (SSSR count). The molecule has 0 heterocycles. The first-order valence-corrected chi connectivity index (χ1v) is 7.11. The number of hydrogen-bond donors (Lipinski definition) is 1. The Hall–Kier alpha value is -0.820. The van der Waals surface area contributed by atoms with Crippen LogP contribution >= 0.6 is 0 Å². The molecule has 0 aliphatic heterocycles. The molecule has 0 aliphatic carbocycles. The summed E-state index contributed by atoms with van der Waals surface area (Å²) in [5.74, 6) is 0.503. The Kier molecular flexibility index (Phi) is 5.40. The van der Waals surface area contributed by atoms with Gasteiger partial charge in [0.2, 0.25) is 0 Å². The molecule has 2 unspecified atom stereocenters. The van der Waals surface area contributed by atoms with Gasteiger partial charge in [-0.2, -0.15) is 0 Å². The van der Waals surface area contributed by atoms with Gasteiger partial charge in [0, 0.05) is 0 Å². The summed E-state index contributed by atoms with van der Waals surface area (Å²) < 4.78 is 0. The van der Waals surface area contributed by atoms with Gasteiger partial charge in [-0.15, -0.1) is 0 Å². The normalized spacial score (nSPS) is 15.4. The van der Waals surface area contributed by atoms with E-state index in [0.717, 1.165) is 18.4 Å². The SMILES string of the molecule is CCCc1ccc(C(O)CC(C)C(C)(C)C)cc1. The van der Waals surface area contributed by atoms with Gasteiger partial charge in [-0.05, 0) is 35.3 Å². The molecule has 1 aromatic rings. The molecule has 0 spiro atoms. The van der Waals surface area contributed by atoms with E-state index in [4.69, 9.17) is 0 Å². The van der Waals surface area contributed by atoms with Crippen molar-refractivity contribution in [2.24, 2.45) is 11.3 Å². The molecule has 0 amide bonds. The second-order valence-electron chi connectivity index (χ2n) is 6.51. The van der Waals surface area contributed by atoms with Crippen LogP contribution < -0.4 is 0 Å². The summed E-state index contributed by atoms with van der Waals surface area (Å²) in [6.45, 7) is 11.1. The van der Waals surface area contributed by atoms with Gasteiger partial charge in [-0.1, -0.05) is 65.3 Å². The summed E-state index contributed by atoms with van der Waals surface area (Å²) >= 11 is 0. The van der Waals surface area contributed by atoms with Gasteiger partial charge >= 0.3 is 0 Å². The van der Waals surface area contributed by atoms with Crippen molar-refractivity contribution in [2.75, 3.05) is 0 Å². The second kappa shape index (κ2) is 6.38. The number of aryl methyl sites for hydroxylation is 1. The average molecular weight is 248 g/mol. The highest BCUT2D eigenvalue weighted by Gasteiger charge is 2.23. The number of rotatable bonds is 5. The van der Waals surface area contributed by atoms with Crippen LogP contribution in [0.3, 0.4) is 0 Å². The van der Waals surface area contributed by atoms with Crippen LogP contribution in [0.5, 0.6) is 0 Å². The van der Waals surface area contributed by atoms with E-state index in [0.29, 0.717) is 5.92 Å². The molecular formula is C17H28O. The molecule has 2 atom stereocenters. The van der Waals surface area contributed by atoms with Crippen LogP contribution in [0.2, 0.25) is 0 Å². The fourth-order valence-corrected chi connectivity index (χ4v) is 2.02. The first kappa shape index (κ1) is 15.2. The zero-order chi connectivity index (χ0) is 13.8. The van der Waals surface area contributed by atoms with Crippen LogP contribution in [0.1, 0.15) is 64.7 Å². The zero-order valence-corrected chi connectivity index (χ0v) is 12.5. The smallest absolute Gasteiger partial charge is 0.0792 e. The molecule has 0 aromatic heterocycles. The van der Waals surface area contributed by atoms with E-state index in [1.807, 2.05) is 0 Å². The third-order valence-corrected chi connectivity index (χ3v) is 3.96. The fraction of sp³-hybridized carbons (Fsp3) is 0.647. The van der Waals surface area contributed by atoms with Gasteiger partial charge < -0.3 is 5.11 Å². The Labute approximate surface area is 112 Å². The first-order chi connectivity index (χ1) is 8.34. The predicted molar refractivity (Wildman–Crippen MR) is 78.6 cm³/mol. The van der Waals surface area contributed by atoms with Crippen molar-refractivity contribution in [1.82, 2.24) is 0 Å². The quantitative estimate of drug-likeness (QED) is 0.797. The third-order valence-electron chi connectivity index (χ3n) is 3.96. The summed E-state index contributed by atoms with van der Waals surface area (Å²) in [7, 11) is 0. The standard InChI is InChI=1S/C17H28O/c1-6-7-14-8-10-15(11-9-14)16(18)12-13(2)17(3,4)5/h8-11,13,16,18H,6-7,12H2,1-5H3. The Bertz CT molecular complexity index is 345. The van der Waals surface area contributed by atoms with Crippen molar-refractivity contribution >= 4 is 0 Å². The molecule has 0 bridgehead atoms. The number of hydrogen-bond acceptors (Lipinski definition) is 1. The minimum atomic E-state index is -0.338. The molecule has 18 heavy (non-hydrogen) atoms. The largest absolute Gasteiger partial charge is 0.388 e. The van der Waals surface area contributed by atoms with E-state index in [2.05, 4.69) is 58.9 Å². The second-order valence-corrected chi connectivity index (χ2v) is 6.51. The number of aliphatic hydroxyl groups excluding tert-OH is 1. The van der Waals surface area contributed by atoms with Crippen LogP contribution in [-0.2, 0) is 6.42 Å². The monoisotopic (exact) mass is 248 g/mol. The minimum Gasteiger partial charge on any atom is -0.388 e. The highest BCUT2D eigenvalue weighted by atomic mass is 16.3. The topological polar surface area (TPSA) is 20.2 Å². The number of benzene rings is 1. The summed E-state index contributed by atoms with van der Waals surface area (Å²) in [6.07, 6.45) is 2.78. The van der Waals surface area contributed by atoms with E-state index in [1.165, 1.54) is 12.0 Å². The molecule has 0 saturated heterocycles. The maximum Gasteiger partial charge on any atom is 0.0792 e. The van der Waals surface area contributed by atoms with Crippen molar-refractivity contribution < 1.29 is 5.11 Å². The lowest BCUT2D eigenvalue weighted by molar-refractivity contribution is 0.111. The average Bonchev–Trinajstić information content (AvgIpc) is 2.29. The molecule has 0 aliphatic rings. The van der Waals surface area contributed by atoms with Crippen molar-refractivity contribution in [2.45, 2.75) is 60.0 Å². The Balaban J connectivity index is 2.64. The maximum absolute atomic E-state index is 10.3. The van der Waals surface area contributed by atoms with Gasteiger partial charge in [-0.3, -0.25) is 0 Å². The van der Waals surface area contributed by atoms with Gasteiger partial charge in [0.25, 0.3) is 0 Å². The fourth-order valence-electron chi connectivity index (χ4n) is 2.02. The molecular weight excluding hydrogens is 220 g/mol. The van der Waals surface area contributed by atoms with Crippen molar-refractivity contribution in [1.29, 1.82) is 0 Å². The van der Waals surface area contributed by atoms with E-state index in [-0.39, 0.29) is 11.5 Å². The van der Waals surface area contributed by atoms with Crippen molar-refractivity contribution in [3.63, 3.8) is 0 Å². The Morgan fingerprint density at radius 2 is 1.67 bits per heavy atom. The highest BCUT2D eigenvalue weighted by Crippen LogP contribution is 2.33. The molecule has 0 radical (unpaired) electrons. The van der Waals surface area contributed by atoms with Gasteiger partial charge in [0.15, 0.2) is 0 Å². The van der Waals surface area contributed by atoms with E-state index in [9.17, 15) is 5.11 Å². The van der Waals surface area contributed by atoms with E-state index >= 15 is 0 Å². The van der Waals surface area contributed by atoms with E-state index < -0.39 is 0 Å². The lowest BCUT2D eigenvalue weighted by Crippen LogP contribution is -2.19. The molecule has 1 aromatic carbocycles. The zero-order valence-electron chi connectivity index (χ0n) is 12.5. The summed E-state index contributed by atoms with van der Waals surface area (Å²) in [4.78, 5) is 0. The summed E-state index contributed by atoms with van der Waals surface area (Å²) in [5, 5.41) is 10.3. The van der Waals surface area contributed by atoms with Gasteiger partial charge in [0.05, 0.1) is 6.10 Å².